The molecule has 0 aliphatic carbocycles. The number of hydrogen-bond donors (Lipinski definition) is 0. The van der Waals surface area contributed by atoms with Crippen LogP contribution in [0.3, 0.4) is 0 Å². The minimum atomic E-state index is -1.34. The molecule has 356 valence electrons. The molecule has 66 heavy (non-hydrogen) atoms. The maximum absolute atomic E-state index is 12.6. The lowest BCUT2D eigenvalue weighted by Crippen LogP contribution is -2.22. The van der Waals surface area contributed by atoms with Crippen molar-refractivity contribution >= 4 is 80.5 Å². The third-order valence-corrected chi connectivity index (χ3v) is 16.6. The first kappa shape index (κ1) is 54.1. The Labute approximate surface area is 393 Å². The molecule has 0 radical (unpaired) electrons. The summed E-state index contributed by atoms with van der Waals surface area (Å²) in [6.07, 6.45) is 8.55. The molecule has 0 fully saturated rings. The average Bonchev–Trinajstić information content (AvgIpc) is 3.33. The monoisotopic (exact) mass is 962 g/mol. The number of ether oxygens (including phenoxy) is 3. The quantitative estimate of drug-likeness (QED) is 0.0323. The van der Waals surface area contributed by atoms with Crippen LogP contribution in [0.5, 0.6) is 0 Å². The van der Waals surface area contributed by atoms with Gasteiger partial charge in [0.15, 0.2) is 0 Å². The van der Waals surface area contributed by atoms with E-state index in [1.54, 1.807) is 36.4 Å². The van der Waals surface area contributed by atoms with Crippen LogP contribution in [0.25, 0.3) is 0 Å². The number of benzene rings is 3. The Morgan fingerprint density at radius 2 is 0.712 bits per heavy atom. The normalized spacial score (nSPS) is 12.5. The van der Waals surface area contributed by atoms with E-state index in [4.69, 9.17) is 14.2 Å². The van der Waals surface area contributed by atoms with Crippen LogP contribution in [0.4, 0.5) is 14.4 Å². The fourth-order valence-corrected chi connectivity index (χ4v) is 11.5. The third-order valence-electron chi connectivity index (χ3n) is 10.2. The van der Waals surface area contributed by atoms with Gasteiger partial charge in [-0.15, -0.1) is 0 Å². The van der Waals surface area contributed by atoms with Crippen LogP contribution in [-0.4, -0.2) is 84.8 Å². The van der Waals surface area contributed by atoms with Gasteiger partial charge in [0.05, 0.1) is 65.1 Å². The number of rotatable bonds is 23. The van der Waals surface area contributed by atoms with Gasteiger partial charge in [0.1, 0.15) is 0 Å². The van der Waals surface area contributed by atoms with Gasteiger partial charge in [0, 0.05) is 0 Å². The summed E-state index contributed by atoms with van der Waals surface area (Å²) < 4.78 is 15.2. The minimum Gasteiger partial charge on any atom is -0.432 e. The first-order valence-corrected chi connectivity index (χ1v) is 26.6. The van der Waals surface area contributed by atoms with E-state index in [1.165, 1.54) is 15.6 Å². The van der Waals surface area contributed by atoms with Gasteiger partial charge in [-0.3, -0.25) is 0 Å². The van der Waals surface area contributed by atoms with Crippen molar-refractivity contribution in [1.82, 2.24) is 0 Å². The molecule has 0 aliphatic rings. The van der Waals surface area contributed by atoms with Crippen LogP contribution < -0.4 is 15.6 Å². The van der Waals surface area contributed by atoms with E-state index in [1.807, 2.05) is 36.4 Å². The molecule has 0 amide bonds. The standard InChI is InChI=1S/C48H62O15Si3/c1-7-13-37(10-4)64-40-22-16-34(17-23-40)43(49)58-61-46(52)55-30-28-33(32-57-48(54)63-60-45(51)36-20-26-42(27-21-36)66-39(12-6)15-9-3)29-31-56-47(53)62-59-44(50)35-18-24-41(25-19-35)65-38(11-5)14-8-2/h13-27,33H,7-12,28-32,64-66H2,1-6H3. The summed E-state index contributed by atoms with van der Waals surface area (Å²) in [5.74, 6) is -3.37. The predicted molar refractivity (Wildman–Crippen MR) is 256 cm³/mol. The summed E-state index contributed by atoms with van der Waals surface area (Å²) in [7, 11) is -1.96. The smallest absolute Gasteiger partial charge is 0.432 e. The van der Waals surface area contributed by atoms with Crippen molar-refractivity contribution in [2.75, 3.05) is 19.8 Å². The Balaban J connectivity index is 1.51. The number of hydrogen-bond acceptors (Lipinski definition) is 15. The van der Waals surface area contributed by atoms with E-state index in [-0.39, 0.29) is 49.4 Å². The second kappa shape index (κ2) is 30.8. The van der Waals surface area contributed by atoms with Crippen molar-refractivity contribution < 1.29 is 72.3 Å². The highest BCUT2D eigenvalue weighted by molar-refractivity contribution is 6.61. The molecule has 0 N–H and O–H groups in total. The fraction of sp³-hybridized carbons (Fsp3) is 0.375. The molecule has 3 rings (SSSR count). The molecule has 0 spiro atoms. The van der Waals surface area contributed by atoms with Crippen molar-refractivity contribution in [3.8, 4) is 0 Å². The molecule has 18 heteroatoms. The van der Waals surface area contributed by atoms with Gasteiger partial charge in [0.25, 0.3) is 0 Å². The molecule has 15 nitrogen and oxygen atoms in total. The third kappa shape index (κ3) is 20.7. The zero-order valence-corrected chi connectivity index (χ0v) is 43.0. The summed E-state index contributed by atoms with van der Waals surface area (Å²) in [5, 5.41) is 7.68. The van der Waals surface area contributed by atoms with Crippen LogP contribution in [-0.2, 0) is 43.5 Å². The van der Waals surface area contributed by atoms with E-state index in [0.717, 1.165) is 54.1 Å². The first-order chi connectivity index (χ1) is 31.9. The van der Waals surface area contributed by atoms with Crippen LogP contribution in [0.15, 0.2) is 107 Å². The largest absolute Gasteiger partial charge is 0.549 e. The summed E-state index contributed by atoms with van der Waals surface area (Å²) in [5.41, 5.74) is 0.525. The summed E-state index contributed by atoms with van der Waals surface area (Å²) >= 11 is 0. The topological polar surface area (TPSA) is 185 Å². The van der Waals surface area contributed by atoms with E-state index in [0.29, 0.717) is 0 Å². The first-order valence-electron chi connectivity index (χ1n) is 22.4. The molecule has 0 unspecified atom stereocenters. The van der Waals surface area contributed by atoms with E-state index in [9.17, 15) is 28.8 Å². The fourth-order valence-electron chi connectivity index (χ4n) is 6.50. The van der Waals surface area contributed by atoms with Gasteiger partial charge in [0.2, 0.25) is 0 Å². The van der Waals surface area contributed by atoms with Crippen molar-refractivity contribution in [2.24, 2.45) is 5.92 Å². The minimum absolute atomic E-state index is 0.0107. The van der Waals surface area contributed by atoms with Gasteiger partial charge in [-0.25, -0.2) is 43.7 Å². The van der Waals surface area contributed by atoms with E-state index < -0.39 is 70.9 Å². The van der Waals surface area contributed by atoms with Crippen LogP contribution >= 0.6 is 0 Å². The lowest BCUT2D eigenvalue weighted by Gasteiger charge is -2.16. The Kier molecular flexibility index (Phi) is 25.2. The van der Waals surface area contributed by atoms with Crippen LogP contribution in [0, 0.1) is 5.92 Å². The van der Waals surface area contributed by atoms with E-state index >= 15 is 0 Å². The Morgan fingerprint density at radius 1 is 0.424 bits per heavy atom. The lowest BCUT2D eigenvalue weighted by molar-refractivity contribution is -0.206. The summed E-state index contributed by atoms with van der Waals surface area (Å²) in [6.45, 7) is 11.6. The Bertz CT molecular complexity index is 2010. The van der Waals surface area contributed by atoms with Gasteiger partial charge in [-0.1, -0.05) is 127 Å². The Morgan fingerprint density at radius 3 is 0.985 bits per heavy atom. The van der Waals surface area contributed by atoms with Gasteiger partial charge in [-0.05, 0) is 93.7 Å². The summed E-state index contributed by atoms with van der Waals surface area (Å²) in [4.78, 5) is 102. The second-order valence-corrected chi connectivity index (χ2v) is 21.3. The maximum atomic E-state index is 12.6. The molecule has 3 aromatic carbocycles. The Hall–Kier alpha value is -6.25. The molecule has 0 aliphatic heterocycles. The number of carbonyl (C=O) groups excluding carboxylic acids is 6. The van der Waals surface area contributed by atoms with E-state index in [2.05, 4.69) is 89.1 Å². The van der Waals surface area contributed by atoms with Crippen molar-refractivity contribution in [3.63, 3.8) is 0 Å². The SMILES string of the molecule is CCC=C(CC)[SiH2]c1ccc(C(=O)OOC(=O)OCCC(CCOC(=O)OOC(=O)c2ccc([SiH2]C(=CCC)CC)cc2)COC(=O)OOC(=O)c2ccc([SiH2]C(=CCC)CC)cc2)cc1. The molecule has 0 saturated heterocycles. The molecule has 0 aromatic heterocycles. The lowest BCUT2D eigenvalue weighted by atomic mass is 10.0. The highest BCUT2D eigenvalue weighted by Gasteiger charge is 2.21. The molecular weight excluding hydrogens is 901 g/mol. The van der Waals surface area contributed by atoms with Crippen LogP contribution in [0.2, 0.25) is 0 Å². The van der Waals surface area contributed by atoms with Crippen molar-refractivity contribution in [1.29, 1.82) is 0 Å². The molecule has 0 atom stereocenters. The highest BCUT2D eigenvalue weighted by Crippen LogP contribution is 2.14. The molecule has 3 aromatic rings. The van der Waals surface area contributed by atoms with Gasteiger partial charge >= 0.3 is 36.4 Å². The van der Waals surface area contributed by atoms with Crippen LogP contribution in [0.1, 0.15) is 124 Å². The van der Waals surface area contributed by atoms with Crippen molar-refractivity contribution in [2.45, 2.75) is 92.9 Å². The van der Waals surface area contributed by atoms with Gasteiger partial charge in [-0.2, -0.15) is 14.4 Å². The zero-order valence-electron chi connectivity index (χ0n) is 38.8. The second-order valence-electron chi connectivity index (χ2n) is 15.1. The highest BCUT2D eigenvalue weighted by atomic mass is 28.2. The molecular formula is C48H62O15Si3. The maximum Gasteiger partial charge on any atom is 0.549 e. The molecule has 0 bridgehead atoms. The molecule has 0 heterocycles. The predicted octanol–water partition coefficient (Wildman–Crippen LogP) is 6.65. The number of carbonyl (C=O) groups is 6. The zero-order chi connectivity index (χ0) is 48.1. The average molecular weight is 963 g/mol. The van der Waals surface area contributed by atoms with Crippen molar-refractivity contribution in [3.05, 3.63) is 123 Å². The summed E-state index contributed by atoms with van der Waals surface area (Å²) in [6, 6.07) is 20.7. The number of allylic oxidation sites excluding steroid dienone is 6. The molecule has 0 saturated carbocycles. The van der Waals surface area contributed by atoms with Gasteiger partial charge < -0.3 is 14.2 Å².